The van der Waals surface area contributed by atoms with Gasteiger partial charge >= 0.3 is 0 Å². The largest absolute Gasteiger partial charge is 0.350 e. The summed E-state index contributed by atoms with van der Waals surface area (Å²) in [5.41, 5.74) is 1.37. The summed E-state index contributed by atoms with van der Waals surface area (Å²) in [5, 5.41) is 6.22. The predicted octanol–water partition coefficient (Wildman–Crippen LogP) is 4.98. The average Bonchev–Trinajstić information content (AvgIpc) is 3.31. The van der Waals surface area contributed by atoms with Crippen LogP contribution in [0, 0.1) is 0 Å². The second-order valence-corrected chi connectivity index (χ2v) is 9.37. The molecule has 4 rings (SSSR count). The highest BCUT2D eigenvalue weighted by atomic mass is 35.5. The second kappa shape index (κ2) is 7.68. The molecule has 0 aliphatic carbocycles. The van der Waals surface area contributed by atoms with Crippen LogP contribution in [0.15, 0.2) is 58.9 Å². The van der Waals surface area contributed by atoms with Crippen LogP contribution in [0.2, 0.25) is 10.0 Å². The Kier molecular flexibility index (Phi) is 5.22. The molecule has 3 N–H and O–H groups in total. The third kappa shape index (κ3) is 4.23. The molecule has 0 fully saturated rings. The number of hydrogen-bond donors (Lipinski definition) is 3. The fourth-order valence-electron chi connectivity index (χ4n) is 2.65. The van der Waals surface area contributed by atoms with E-state index in [0.29, 0.717) is 32.3 Å². The van der Waals surface area contributed by atoms with Crippen LogP contribution in [0.1, 0.15) is 10.5 Å². The van der Waals surface area contributed by atoms with E-state index in [9.17, 15) is 13.2 Å². The number of halogens is 2. The van der Waals surface area contributed by atoms with Crippen molar-refractivity contribution in [3.05, 3.63) is 69.8 Å². The Balaban J connectivity index is 1.51. The minimum atomic E-state index is -3.75. The number of carbonyl (C=O) groups is 1. The van der Waals surface area contributed by atoms with Gasteiger partial charge in [0.1, 0.15) is 5.69 Å². The third-order valence-electron chi connectivity index (χ3n) is 3.97. The first kappa shape index (κ1) is 19.7. The summed E-state index contributed by atoms with van der Waals surface area (Å²) in [4.78, 5) is 19.4. The minimum absolute atomic E-state index is 0.0535. The van der Waals surface area contributed by atoms with Gasteiger partial charge in [0.25, 0.3) is 15.9 Å². The average molecular weight is 467 g/mol. The first-order valence-electron chi connectivity index (χ1n) is 8.13. The number of sulfonamides is 1. The summed E-state index contributed by atoms with van der Waals surface area (Å²) in [7, 11) is -3.75. The Labute approximate surface area is 179 Å². The predicted molar refractivity (Wildman–Crippen MR) is 116 cm³/mol. The van der Waals surface area contributed by atoms with E-state index in [4.69, 9.17) is 23.2 Å². The lowest BCUT2D eigenvalue weighted by Gasteiger charge is -2.07. The van der Waals surface area contributed by atoms with Crippen molar-refractivity contribution in [3.63, 3.8) is 0 Å². The highest BCUT2D eigenvalue weighted by Crippen LogP contribution is 2.28. The van der Waals surface area contributed by atoms with E-state index in [1.54, 1.807) is 23.6 Å². The van der Waals surface area contributed by atoms with E-state index in [1.165, 1.54) is 41.8 Å². The van der Waals surface area contributed by atoms with Crippen molar-refractivity contribution in [1.29, 1.82) is 0 Å². The molecule has 0 spiro atoms. The van der Waals surface area contributed by atoms with Gasteiger partial charge in [0.05, 0.1) is 9.92 Å². The number of H-pyrrole nitrogens is 1. The normalized spacial score (nSPS) is 11.5. The van der Waals surface area contributed by atoms with Gasteiger partial charge in [0.2, 0.25) is 0 Å². The number of anilines is 2. The molecule has 4 aromatic rings. The molecule has 0 bridgehead atoms. The number of rotatable bonds is 5. The quantitative estimate of drug-likeness (QED) is 0.385. The molecule has 29 heavy (non-hydrogen) atoms. The number of hydrogen-bond acceptors (Lipinski definition) is 5. The van der Waals surface area contributed by atoms with Crippen molar-refractivity contribution in [3.8, 4) is 0 Å². The van der Waals surface area contributed by atoms with E-state index in [-0.39, 0.29) is 10.0 Å². The smallest absolute Gasteiger partial charge is 0.272 e. The topological polar surface area (TPSA) is 104 Å². The van der Waals surface area contributed by atoms with Gasteiger partial charge in [-0.2, -0.15) is 0 Å². The summed E-state index contributed by atoms with van der Waals surface area (Å²) in [6.07, 6.45) is 1.51. The molecule has 0 saturated heterocycles. The van der Waals surface area contributed by atoms with Gasteiger partial charge in [-0.3, -0.25) is 9.52 Å². The van der Waals surface area contributed by atoms with Gasteiger partial charge in [-0.15, -0.1) is 11.3 Å². The van der Waals surface area contributed by atoms with Crippen LogP contribution in [0.3, 0.4) is 0 Å². The monoisotopic (exact) mass is 466 g/mol. The van der Waals surface area contributed by atoms with Crippen molar-refractivity contribution in [1.82, 2.24) is 9.97 Å². The fraction of sp³-hybridized carbons (Fsp3) is 0. The molecule has 2 heterocycles. The molecule has 0 aliphatic heterocycles. The summed E-state index contributed by atoms with van der Waals surface area (Å²) in [6, 6.07) is 10.7. The van der Waals surface area contributed by atoms with E-state index in [0.717, 1.165) is 0 Å². The first-order valence-corrected chi connectivity index (χ1v) is 11.3. The van der Waals surface area contributed by atoms with E-state index < -0.39 is 15.9 Å². The van der Waals surface area contributed by atoms with Crippen molar-refractivity contribution >= 4 is 72.2 Å². The molecule has 7 nitrogen and oxygen atoms in total. The maximum atomic E-state index is 12.5. The van der Waals surface area contributed by atoms with Crippen LogP contribution in [0.5, 0.6) is 0 Å². The highest BCUT2D eigenvalue weighted by molar-refractivity contribution is 7.93. The zero-order valence-electron chi connectivity index (χ0n) is 14.4. The molecule has 0 saturated carbocycles. The van der Waals surface area contributed by atoms with Crippen LogP contribution in [-0.4, -0.2) is 24.3 Å². The number of aromatic nitrogens is 2. The Morgan fingerprint density at radius 2 is 1.86 bits per heavy atom. The fourth-order valence-corrected chi connectivity index (χ4v) is 4.98. The minimum Gasteiger partial charge on any atom is -0.350 e. The molecule has 2 aromatic carbocycles. The SMILES string of the molecule is O=C(Nc1ccc(S(=O)(=O)Nc2nccs2)cc1)c1cc2c(Cl)cc(Cl)cc2[nH]1. The van der Waals surface area contributed by atoms with Crippen molar-refractivity contribution < 1.29 is 13.2 Å². The van der Waals surface area contributed by atoms with Gasteiger partial charge < -0.3 is 10.3 Å². The van der Waals surface area contributed by atoms with Crippen LogP contribution < -0.4 is 10.0 Å². The standard InChI is InChI=1S/C18H12Cl2N4O3S2/c19-10-7-14(20)13-9-16(23-15(13)8-10)17(25)22-11-1-3-12(4-2-11)29(26,27)24-18-21-5-6-28-18/h1-9,23H,(H,21,24)(H,22,25). The zero-order valence-corrected chi connectivity index (χ0v) is 17.6. The van der Waals surface area contributed by atoms with Gasteiger partial charge in [0, 0.05) is 33.2 Å². The maximum Gasteiger partial charge on any atom is 0.272 e. The lowest BCUT2D eigenvalue weighted by molar-refractivity contribution is 0.102. The molecule has 1 amide bonds. The molecule has 0 unspecified atom stereocenters. The molecule has 2 aromatic heterocycles. The van der Waals surface area contributed by atoms with E-state index in [1.807, 2.05) is 0 Å². The van der Waals surface area contributed by atoms with Crippen LogP contribution in [0.25, 0.3) is 10.9 Å². The first-order chi connectivity index (χ1) is 13.8. The van der Waals surface area contributed by atoms with Gasteiger partial charge in [-0.05, 0) is 42.5 Å². The Morgan fingerprint density at radius 3 is 2.55 bits per heavy atom. The zero-order chi connectivity index (χ0) is 20.6. The number of amides is 1. The van der Waals surface area contributed by atoms with E-state index in [2.05, 4.69) is 20.0 Å². The van der Waals surface area contributed by atoms with Crippen molar-refractivity contribution in [2.24, 2.45) is 0 Å². The van der Waals surface area contributed by atoms with Gasteiger partial charge in [-0.25, -0.2) is 13.4 Å². The molecule has 0 atom stereocenters. The number of benzene rings is 2. The second-order valence-electron chi connectivity index (χ2n) is 5.95. The summed E-state index contributed by atoms with van der Waals surface area (Å²) in [6.45, 7) is 0. The molecular formula is C18H12Cl2N4O3S2. The number of thiazole rings is 1. The van der Waals surface area contributed by atoms with Gasteiger partial charge in [-0.1, -0.05) is 23.2 Å². The molecule has 0 aliphatic rings. The van der Waals surface area contributed by atoms with Crippen LogP contribution in [0.4, 0.5) is 10.8 Å². The highest BCUT2D eigenvalue weighted by Gasteiger charge is 2.16. The lowest BCUT2D eigenvalue weighted by atomic mass is 10.2. The summed E-state index contributed by atoms with van der Waals surface area (Å²) >= 11 is 13.3. The molecular weight excluding hydrogens is 455 g/mol. The van der Waals surface area contributed by atoms with Crippen LogP contribution in [-0.2, 0) is 10.0 Å². The van der Waals surface area contributed by atoms with E-state index >= 15 is 0 Å². The Morgan fingerprint density at radius 1 is 1.10 bits per heavy atom. The summed E-state index contributed by atoms with van der Waals surface area (Å²) in [5.74, 6) is -0.398. The number of carbonyl (C=O) groups excluding carboxylic acids is 1. The van der Waals surface area contributed by atoms with Crippen molar-refractivity contribution in [2.75, 3.05) is 10.0 Å². The Bertz CT molecular complexity index is 1300. The Hall–Kier alpha value is -2.59. The molecule has 11 heteroatoms. The van der Waals surface area contributed by atoms with Gasteiger partial charge in [0.15, 0.2) is 5.13 Å². The van der Waals surface area contributed by atoms with Crippen LogP contribution >= 0.6 is 34.5 Å². The van der Waals surface area contributed by atoms with Crippen molar-refractivity contribution in [2.45, 2.75) is 4.90 Å². The molecule has 148 valence electrons. The number of fused-ring (bicyclic) bond motifs is 1. The molecule has 0 radical (unpaired) electrons. The maximum absolute atomic E-state index is 12.5. The number of nitrogens with zero attached hydrogens (tertiary/aromatic N) is 1. The third-order valence-corrected chi connectivity index (χ3v) is 6.68. The number of nitrogens with one attached hydrogen (secondary N) is 3. The number of aromatic amines is 1. The summed E-state index contributed by atoms with van der Waals surface area (Å²) < 4.78 is 27.1. The lowest BCUT2D eigenvalue weighted by Crippen LogP contribution is -2.14.